The van der Waals surface area contributed by atoms with Gasteiger partial charge >= 0.3 is 5.97 Å². The van der Waals surface area contributed by atoms with Gasteiger partial charge in [0.2, 0.25) is 5.91 Å². The van der Waals surface area contributed by atoms with E-state index >= 15 is 0 Å². The maximum atomic E-state index is 10.1. The van der Waals surface area contributed by atoms with Crippen molar-refractivity contribution in [1.29, 1.82) is 0 Å². The largest absolute Gasteiger partial charge is 0.480 e. The van der Waals surface area contributed by atoms with E-state index in [9.17, 15) is 14.5 Å². The van der Waals surface area contributed by atoms with Gasteiger partial charge in [0.15, 0.2) is 5.34 Å². The highest BCUT2D eigenvalue weighted by Gasteiger charge is 2.11. The van der Waals surface area contributed by atoms with Crippen LogP contribution in [0.2, 0.25) is 0 Å². The average molecular weight is 305 g/mol. The molecule has 5 N–H and O–H groups in total. The zero-order valence-electron chi connectivity index (χ0n) is 12.8. The van der Waals surface area contributed by atoms with Crippen LogP contribution in [0.3, 0.4) is 0 Å². The van der Waals surface area contributed by atoms with Crippen LogP contribution in [0.25, 0.3) is 0 Å². The molecule has 0 aliphatic heterocycles. The smallest absolute Gasteiger partial charge is 0.320 e. The van der Waals surface area contributed by atoms with E-state index < -0.39 is 17.9 Å². The molecule has 2 unspecified atom stereocenters. The SMILES string of the molecule is CCCCCCC(C)ON=O.NC(=O)CCC(N)C(=O)O. The second kappa shape index (κ2) is 14.7. The van der Waals surface area contributed by atoms with Crippen LogP contribution in [-0.2, 0) is 14.4 Å². The Morgan fingerprint density at radius 3 is 2.29 bits per heavy atom. The Labute approximate surface area is 125 Å². The van der Waals surface area contributed by atoms with Gasteiger partial charge in [0.25, 0.3) is 0 Å². The molecular weight excluding hydrogens is 278 g/mol. The van der Waals surface area contributed by atoms with Crippen molar-refractivity contribution >= 4 is 11.9 Å². The van der Waals surface area contributed by atoms with Gasteiger partial charge in [-0.15, -0.1) is 4.91 Å². The van der Waals surface area contributed by atoms with Gasteiger partial charge in [0.1, 0.15) is 12.1 Å². The van der Waals surface area contributed by atoms with E-state index in [1.54, 1.807) is 0 Å². The lowest BCUT2D eigenvalue weighted by molar-refractivity contribution is -0.138. The van der Waals surface area contributed by atoms with Gasteiger partial charge in [0, 0.05) is 6.42 Å². The van der Waals surface area contributed by atoms with Gasteiger partial charge in [-0.2, -0.15) is 0 Å². The maximum absolute atomic E-state index is 10.1. The van der Waals surface area contributed by atoms with Gasteiger partial charge in [-0.1, -0.05) is 26.2 Å². The summed E-state index contributed by atoms with van der Waals surface area (Å²) >= 11 is 0. The molecule has 0 bridgehead atoms. The third-order valence-corrected chi connectivity index (χ3v) is 2.71. The highest BCUT2D eigenvalue weighted by atomic mass is 16.7. The summed E-state index contributed by atoms with van der Waals surface area (Å²) in [6, 6.07) is -0.979. The van der Waals surface area contributed by atoms with E-state index in [0.29, 0.717) is 0 Å². The maximum Gasteiger partial charge on any atom is 0.320 e. The van der Waals surface area contributed by atoms with Crippen LogP contribution >= 0.6 is 0 Å². The predicted octanol–water partition coefficient (Wildman–Crippen LogP) is 1.71. The third kappa shape index (κ3) is 18.3. The summed E-state index contributed by atoms with van der Waals surface area (Å²) in [5, 5.41) is 10.6. The Hall–Kier alpha value is -1.70. The molecule has 0 aliphatic rings. The lowest BCUT2D eigenvalue weighted by Gasteiger charge is -2.05. The molecule has 8 nitrogen and oxygen atoms in total. The number of carboxylic acid groups (broad SMARTS) is 1. The highest BCUT2D eigenvalue weighted by Crippen LogP contribution is 2.07. The summed E-state index contributed by atoms with van der Waals surface area (Å²) in [5.74, 6) is -1.64. The van der Waals surface area contributed by atoms with Crippen molar-refractivity contribution in [3.63, 3.8) is 0 Å². The summed E-state index contributed by atoms with van der Waals surface area (Å²) < 4.78 is 0. The third-order valence-electron chi connectivity index (χ3n) is 2.71. The van der Waals surface area contributed by atoms with Crippen molar-refractivity contribution in [1.82, 2.24) is 0 Å². The summed E-state index contributed by atoms with van der Waals surface area (Å²) in [4.78, 5) is 34.3. The molecule has 0 fully saturated rings. The molecule has 21 heavy (non-hydrogen) atoms. The number of primary amides is 1. The molecule has 2 atom stereocenters. The Balaban J connectivity index is 0. The molecule has 0 aromatic heterocycles. The van der Waals surface area contributed by atoms with E-state index in [2.05, 4.69) is 17.1 Å². The zero-order chi connectivity index (χ0) is 16.7. The first-order chi connectivity index (χ1) is 9.84. The minimum atomic E-state index is -1.11. The van der Waals surface area contributed by atoms with Crippen LogP contribution in [-0.4, -0.2) is 29.1 Å². The minimum absolute atomic E-state index is 0.00986. The van der Waals surface area contributed by atoms with E-state index in [-0.39, 0.29) is 18.9 Å². The van der Waals surface area contributed by atoms with Crippen molar-refractivity contribution in [2.75, 3.05) is 0 Å². The van der Waals surface area contributed by atoms with Crippen LogP contribution in [0, 0.1) is 4.91 Å². The number of carbonyl (C=O) groups is 2. The van der Waals surface area contributed by atoms with Gasteiger partial charge in [-0.25, -0.2) is 0 Å². The molecular formula is C13H27N3O5. The Morgan fingerprint density at radius 1 is 1.24 bits per heavy atom. The number of hydrogen-bond acceptors (Lipinski definition) is 6. The van der Waals surface area contributed by atoms with Crippen molar-refractivity contribution in [2.24, 2.45) is 16.8 Å². The second-order valence-electron chi connectivity index (χ2n) is 4.79. The fourth-order valence-corrected chi connectivity index (χ4v) is 1.41. The molecule has 8 heteroatoms. The number of carboxylic acids is 1. The normalized spacial score (nSPS) is 12.5. The van der Waals surface area contributed by atoms with E-state index in [4.69, 9.17) is 16.6 Å². The zero-order valence-corrected chi connectivity index (χ0v) is 12.8. The van der Waals surface area contributed by atoms with E-state index in [1.807, 2.05) is 6.92 Å². The first-order valence-corrected chi connectivity index (χ1v) is 7.10. The number of nitrogens with two attached hydrogens (primary N) is 2. The summed E-state index contributed by atoms with van der Waals surface area (Å²) in [7, 11) is 0. The van der Waals surface area contributed by atoms with Gasteiger partial charge < -0.3 is 21.4 Å². The van der Waals surface area contributed by atoms with Gasteiger partial charge in [-0.3, -0.25) is 9.59 Å². The Bertz CT molecular complexity index is 300. The second-order valence-corrected chi connectivity index (χ2v) is 4.79. The molecule has 0 heterocycles. The predicted molar refractivity (Wildman–Crippen MR) is 79.1 cm³/mol. The molecule has 124 valence electrons. The minimum Gasteiger partial charge on any atom is -0.480 e. The first kappa shape index (κ1) is 21.6. The van der Waals surface area contributed by atoms with E-state index in [1.165, 1.54) is 19.3 Å². The first-order valence-electron chi connectivity index (χ1n) is 7.10. The molecule has 0 aliphatic carbocycles. The van der Waals surface area contributed by atoms with Crippen molar-refractivity contribution in [3.05, 3.63) is 4.91 Å². The average Bonchev–Trinajstić information content (AvgIpc) is 2.42. The quantitative estimate of drug-likeness (QED) is 0.301. The molecule has 0 aromatic rings. The van der Waals surface area contributed by atoms with Crippen molar-refractivity contribution in [3.8, 4) is 0 Å². The molecule has 0 saturated carbocycles. The van der Waals surface area contributed by atoms with Gasteiger partial charge in [-0.05, 0) is 26.2 Å². The number of rotatable bonds is 11. The molecule has 0 radical (unpaired) electrons. The monoisotopic (exact) mass is 305 g/mol. The molecule has 0 rings (SSSR count). The molecule has 0 saturated heterocycles. The van der Waals surface area contributed by atoms with Crippen LogP contribution in [0.4, 0.5) is 0 Å². The topological polar surface area (TPSA) is 145 Å². The lowest BCUT2D eigenvalue weighted by atomic mass is 10.1. The molecule has 0 spiro atoms. The Kier molecular flexibility index (Phi) is 15.1. The number of amides is 1. The fraction of sp³-hybridized carbons (Fsp3) is 0.846. The van der Waals surface area contributed by atoms with Crippen LogP contribution in [0.5, 0.6) is 0 Å². The lowest BCUT2D eigenvalue weighted by Crippen LogP contribution is -2.31. The number of carbonyl (C=O) groups excluding carboxylic acids is 1. The van der Waals surface area contributed by atoms with Crippen LogP contribution < -0.4 is 11.5 Å². The number of aliphatic carboxylic acids is 1. The molecule has 0 aromatic carbocycles. The van der Waals surface area contributed by atoms with Crippen molar-refractivity contribution in [2.45, 2.75) is 70.9 Å². The summed E-state index contributed by atoms with van der Waals surface area (Å²) in [6.07, 6.45) is 5.91. The standard InChI is InChI=1S/C8H17NO2.C5H10N2O3/c1-3-4-5-6-7-8(2)11-9-10;6-3(5(9)10)1-2-4(7)8/h8H,3-7H2,1-2H3;3H,1-2,6H2,(H2,7,8)(H,9,10). The number of hydrogen-bond donors (Lipinski definition) is 3. The molecule has 1 amide bonds. The van der Waals surface area contributed by atoms with Crippen LogP contribution in [0.1, 0.15) is 58.8 Å². The summed E-state index contributed by atoms with van der Waals surface area (Å²) in [6.45, 7) is 4.04. The van der Waals surface area contributed by atoms with Crippen LogP contribution in [0.15, 0.2) is 5.34 Å². The Morgan fingerprint density at radius 2 is 1.86 bits per heavy atom. The number of unbranched alkanes of at least 4 members (excludes halogenated alkanes) is 3. The fourth-order valence-electron chi connectivity index (χ4n) is 1.41. The van der Waals surface area contributed by atoms with E-state index in [0.717, 1.165) is 12.8 Å². The number of nitrogens with zero attached hydrogens (tertiary/aromatic N) is 1. The summed E-state index contributed by atoms with van der Waals surface area (Å²) in [5.41, 5.74) is 9.81. The van der Waals surface area contributed by atoms with Crippen molar-refractivity contribution < 1.29 is 19.5 Å². The highest BCUT2D eigenvalue weighted by molar-refractivity contribution is 5.76. The van der Waals surface area contributed by atoms with Gasteiger partial charge in [0.05, 0.1) is 0 Å².